The first-order chi connectivity index (χ1) is 12.7. The summed E-state index contributed by atoms with van der Waals surface area (Å²) in [7, 11) is 0. The number of nitrogens with zero attached hydrogens (tertiary/aromatic N) is 2. The van der Waals surface area contributed by atoms with Crippen molar-refractivity contribution < 1.29 is 14.3 Å². The summed E-state index contributed by atoms with van der Waals surface area (Å²) in [5.74, 6) is 0.0405. The van der Waals surface area contributed by atoms with Crippen LogP contribution in [0.4, 0.5) is 0 Å². The lowest BCUT2D eigenvalue weighted by molar-refractivity contribution is -0.150. The number of halogens is 2. The molecular weight excluding hydrogens is 401 g/mol. The normalized spacial score (nSPS) is 25.0. The van der Waals surface area contributed by atoms with Crippen molar-refractivity contribution in [3.05, 3.63) is 30.1 Å². The average molecular weight is 432 g/mol. The van der Waals surface area contributed by atoms with Crippen LogP contribution in [-0.4, -0.2) is 60.8 Å². The van der Waals surface area contributed by atoms with E-state index in [4.69, 9.17) is 9.47 Å². The molecule has 0 amide bonds. The van der Waals surface area contributed by atoms with Crippen LogP contribution in [0.3, 0.4) is 0 Å². The lowest BCUT2D eigenvalue weighted by Crippen LogP contribution is -2.41. The van der Waals surface area contributed by atoms with Gasteiger partial charge in [-0.15, -0.1) is 24.8 Å². The van der Waals surface area contributed by atoms with Gasteiger partial charge in [-0.3, -0.25) is 14.7 Å². The van der Waals surface area contributed by atoms with Crippen LogP contribution in [0.1, 0.15) is 37.7 Å². The maximum Gasteiger partial charge on any atom is 0.312 e. The minimum Gasteiger partial charge on any atom is -0.461 e. The van der Waals surface area contributed by atoms with Gasteiger partial charge in [-0.2, -0.15) is 0 Å². The van der Waals surface area contributed by atoms with E-state index in [-0.39, 0.29) is 42.3 Å². The van der Waals surface area contributed by atoms with E-state index in [0.29, 0.717) is 12.7 Å². The minimum atomic E-state index is -0.207. The molecule has 1 aromatic rings. The van der Waals surface area contributed by atoms with Gasteiger partial charge in [-0.25, -0.2) is 0 Å². The third-order valence-corrected chi connectivity index (χ3v) is 6.09. The van der Waals surface area contributed by atoms with E-state index >= 15 is 0 Å². The van der Waals surface area contributed by atoms with Crippen LogP contribution in [-0.2, 0) is 20.9 Å². The number of carbonyl (C=O) groups excluding carboxylic acids is 1. The highest BCUT2D eigenvalue weighted by atomic mass is 35.5. The number of nitrogens with one attached hydrogen (secondary N) is 1. The van der Waals surface area contributed by atoms with Gasteiger partial charge >= 0.3 is 5.97 Å². The van der Waals surface area contributed by atoms with Crippen molar-refractivity contribution in [3.8, 4) is 0 Å². The fourth-order valence-electron chi connectivity index (χ4n) is 4.50. The Hall–Kier alpha value is -0.920. The molecule has 3 saturated heterocycles. The minimum absolute atomic E-state index is 0. The van der Waals surface area contributed by atoms with Gasteiger partial charge in [-0.1, -0.05) is 6.07 Å². The largest absolute Gasteiger partial charge is 0.461 e. The zero-order valence-corrected chi connectivity index (χ0v) is 17.8. The number of esters is 1. The molecule has 1 spiro atoms. The van der Waals surface area contributed by atoms with Crippen molar-refractivity contribution >= 4 is 30.8 Å². The van der Waals surface area contributed by atoms with Crippen LogP contribution in [0, 0.1) is 5.41 Å². The number of pyridine rings is 1. The monoisotopic (exact) mass is 431 g/mol. The summed E-state index contributed by atoms with van der Waals surface area (Å²) in [5, 5.41) is 3.35. The molecule has 0 bridgehead atoms. The van der Waals surface area contributed by atoms with Gasteiger partial charge in [0.1, 0.15) is 6.10 Å². The van der Waals surface area contributed by atoms with E-state index in [1.165, 1.54) is 0 Å². The van der Waals surface area contributed by atoms with Crippen LogP contribution in [0.15, 0.2) is 24.5 Å². The number of carbonyl (C=O) groups is 1. The molecule has 4 heterocycles. The smallest absolute Gasteiger partial charge is 0.312 e. The Morgan fingerprint density at radius 2 is 2.00 bits per heavy atom. The van der Waals surface area contributed by atoms with Crippen LogP contribution >= 0.6 is 24.8 Å². The lowest BCUT2D eigenvalue weighted by atomic mass is 9.76. The highest BCUT2D eigenvalue weighted by molar-refractivity contribution is 5.85. The second kappa shape index (κ2) is 10.7. The average Bonchev–Trinajstić information content (AvgIpc) is 2.97. The Morgan fingerprint density at radius 3 is 2.68 bits per heavy atom. The predicted octanol–water partition coefficient (Wildman–Crippen LogP) is 2.59. The molecule has 158 valence electrons. The number of hydrogen-bond donors (Lipinski definition) is 1. The van der Waals surface area contributed by atoms with Crippen molar-refractivity contribution in [1.29, 1.82) is 0 Å². The Balaban J connectivity index is 0.00000140. The lowest BCUT2D eigenvalue weighted by Gasteiger charge is -2.33. The number of ether oxygens (including phenoxy) is 2. The first-order valence-corrected chi connectivity index (χ1v) is 9.88. The van der Waals surface area contributed by atoms with Gasteiger partial charge < -0.3 is 14.8 Å². The molecule has 0 saturated carbocycles. The molecule has 0 radical (unpaired) electrons. The number of cyclic esters (lactones) is 1. The molecule has 1 unspecified atom stereocenters. The predicted molar refractivity (Wildman–Crippen MR) is 112 cm³/mol. The molecule has 1 aromatic heterocycles. The van der Waals surface area contributed by atoms with Gasteiger partial charge in [0.15, 0.2) is 0 Å². The molecular formula is C20H31Cl2N3O3. The number of aromatic nitrogens is 1. The van der Waals surface area contributed by atoms with Gasteiger partial charge in [0.25, 0.3) is 0 Å². The molecule has 3 fully saturated rings. The van der Waals surface area contributed by atoms with Crippen molar-refractivity contribution in [2.75, 3.05) is 32.7 Å². The third-order valence-electron chi connectivity index (χ3n) is 6.09. The zero-order chi connectivity index (χ0) is 17.8. The summed E-state index contributed by atoms with van der Waals surface area (Å²) in [6.07, 6.45) is 8.84. The van der Waals surface area contributed by atoms with E-state index in [1.54, 1.807) is 6.20 Å². The quantitative estimate of drug-likeness (QED) is 0.722. The Morgan fingerprint density at radius 1 is 1.25 bits per heavy atom. The number of piperidine rings is 2. The molecule has 1 atom stereocenters. The molecule has 3 aliphatic heterocycles. The van der Waals surface area contributed by atoms with Crippen LogP contribution < -0.4 is 5.32 Å². The first kappa shape index (κ1) is 23.4. The molecule has 6 nitrogen and oxygen atoms in total. The summed E-state index contributed by atoms with van der Waals surface area (Å²) >= 11 is 0. The molecule has 0 aliphatic carbocycles. The van der Waals surface area contributed by atoms with Gasteiger partial charge in [0, 0.05) is 38.4 Å². The Kier molecular flexibility index (Phi) is 8.96. The van der Waals surface area contributed by atoms with Gasteiger partial charge in [0.05, 0.1) is 18.1 Å². The van der Waals surface area contributed by atoms with E-state index in [9.17, 15) is 4.79 Å². The zero-order valence-electron chi connectivity index (χ0n) is 16.2. The summed E-state index contributed by atoms with van der Waals surface area (Å²) in [6, 6.07) is 3.99. The Bertz CT molecular complexity index is 606. The number of likely N-dealkylation sites (tertiary alicyclic amines) is 1. The molecule has 4 rings (SSSR count). The first-order valence-electron chi connectivity index (χ1n) is 9.88. The second-order valence-corrected chi connectivity index (χ2v) is 7.93. The second-order valence-electron chi connectivity index (χ2n) is 7.93. The summed E-state index contributed by atoms with van der Waals surface area (Å²) < 4.78 is 11.8. The summed E-state index contributed by atoms with van der Waals surface area (Å²) in [4.78, 5) is 18.9. The van der Waals surface area contributed by atoms with E-state index < -0.39 is 0 Å². The number of rotatable bonds is 5. The van der Waals surface area contributed by atoms with Crippen molar-refractivity contribution in [2.24, 2.45) is 5.41 Å². The maximum atomic E-state index is 12.4. The van der Waals surface area contributed by atoms with Gasteiger partial charge in [-0.05, 0) is 50.4 Å². The fraction of sp³-hybridized carbons (Fsp3) is 0.700. The van der Waals surface area contributed by atoms with Crippen molar-refractivity contribution in [2.45, 2.75) is 50.9 Å². The van der Waals surface area contributed by atoms with Gasteiger partial charge in [0.2, 0.25) is 0 Å². The third kappa shape index (κ3) is 5.57. The summed E-state index contributed by atoms with van der Waals surface area (Å²) in [6.45, 7) is 5.40. The summed E-state index contributed by atoms with van der Waals surface area (Å²) in [5.41, 5.74) is 0.918. The SMILES string of the molecule is Cl.Cl.O=C1OC(CN2CCC(OCc3cccnc3)CC2)CC12CCNCC2. The van der Waals surface area contributed by atoms with Crippen molar-refractivity contribution in [3.63, 3.8) is 0 Å². The van der Waals surface area contributed by atoms with E-state index in [0.717, 1.165) is 70.4 Å². The van der Waals surface area contributed by atoms with E-state index in [1.807, 2.05) is 18.3 Å². The topological polar surface area (TPSA) is 63.7 Å². The molecule has 0 aromatic carbocycles. The molecule has 3 aliphatic rings. The van der Waals surface area contributed by atoms with Crippen LogP contribution in [0.25, 0.3) is 0 Å². The Labute approximate surface area is 179 Å². The standard InChI is InChI=1S/C20H29N3O3.2ClH/c24-19-20(5-8-21-9-6-20)12-18(26-19)14-23-10-3-17(4-11-23)25-15-16-2-1-7-22-13-16;;/h1-2,7,13,17-18,21H,3-6,8-12,14-15H2;2*1H. The molecule has 28 heavy (non-hydrogen) atoms. The highest BCUT2D eigenvalue weighted by Gasteiger charge is 2.49. The van der Waals surface area contributed by atoms with Crippen molar-refractivity contribution in [1.82, 2.24) is 15.2 Å². The number of hydrogen-bond acceptors (Lipinski definition) is 6. The molecule has 1 N–H and O–H groups in total. The maximum absolute atomic E-state index is 12.4. The fourth-order valence-corrected chi connectivity index (χ4v) is 4.50. The van der Waals surface area contributed by atoms with E-state index in [2.05, 4.69) is 15.2 Å². The molecule has 8 heteroatoms. The van der Waals surface area contributed by atoms with Crippen LogP contribution in [0.2, 0.25) is 0 Å². The highest BCUT2D eigenvalue weighted by Crippen LogP contribution is 2.41. The van der Waals surface area contributed by atoms with Crippen LogP contribution in [0.5, 0.6) is 0 Å².